The molecule has 1 aromatic carbocycles. The van der Waals surface area contributed by atoms with Crippen molar-refractivity contribution in [1.82, 2.24) is 0 Å². The molecule has 0 radical (unpaired) electrons. The van der Waals surface area contributed by atoms with Crippen molar-refractivity contribution in [2.24, 2.45) is 0 Å². The third-order valence-electron chi connectivity index (χ3n) is 2.75. The maximum Gasteiger partial charge on any atom is 0.338 e. The number of carbonyl (C=O) groups is 2. The lowest BCUT2D eigenvalue weighted by Crippen LogP contribution is -2.25. The molecule has 0 spiro atoms. The number of rotatable bonds is 3. The number of hydrogen-bond donors (Lipinski definition) is 1. The summed E-state index contributed by atoms with van der Waals surface area (Å²) in [6, 6.07) is 8.65. The Morgan fingerprint density at radius 1 is 1.26 bits per heavy atom. The number of carboxylic acids is 1. The summed E-state index contributed by atoms with van der Waals surface area (Å²) in [6.07, 6.45) is 1.06. The molecule has 1 N–H and O–H groups in total. The quantitative estimate of drug-likeness (QED) is 0.919. The van der Waals surface area contributed by atoms with Gasteiger partial charge in [-0.25, -0.2) is 4.79 Å². The van der Waals surface area contributed by atoms with Crippen LogP contribution in [0.2, 0.25) is 0 Å². The summed E-state index contributed by atoms with van der Waals surface area (Å²) in [7, 11) is 1.61. The summed E-state index contributed by atoms with van der Waals surface area (Å²) in [5.74, 6) is -1.51. The van der Waals surface area contributed by atoms with E-state index in [0.717, 1.165) is 17.5 Å². The molecule has 98 valence electrons. The monoisotopic (exact) mass is 259 g/mol. The molecule has 2 aromatic rings. The second-order valence-corrected chi connectivity index (χ2v) is 4.21. The Hall–Kier alpha value is -2.56. The van der Waals surface area contributed by atoms with Crippen molar-refractivity contribution in [3.63, 3.8) is 0 Å². The van der Waals surface area contributed by atoms with Crippen LogP contribution in [0.4, 0.5) is 5.69 Å². The van der Waals surface area contributed by atoms with Crippen molar-refractivity contribution < 1.29 is 19.1 Å². The molecule has 0 aliphatic heterocycles. The first kappa shape index (κ1) is 12.9. The third kappa shape index (κ3) is 2.65. The average Bonchev–Trinajstić information content (AvgIpc) is 2.86. The predicted molar refractivity (Wildman–Crippen MR) is 69.6 cm³/mol. The van der Waals surface area contributed by atoms with Crippen molar-refractivity contribution in [3.8, 4) is 0 Å². The molecule has 5 heteroatoms. The highest BCUT2D eigenvalue weighted by molar-refractivity contribution is 6.05. The maximum absolute atomic E-state index is 12.1. The molecular weight excluding hydrogens is 246 g/mol. The van der Waals surface area contributed by atoms with E-state index in [-0.39, 0.29) is 11.3 Å². The fourth-order valence-electron chi connectivity index (χ4n) is 1.68. The number of nitrogens with zero attached hydrogens (tertiary/aromatic N) is 1. The molecule has 1 heterocycles. The highest BCUT2D eigenvalue weighted by Gasteiger charge is 2.19. The number of carbonyl (C=O) groups excluding carboxylic acids is 1. The van der Waals surface area contributed by atoms with Crippen LogP contribution in [0.3, 0.4) is 0 Å². The Bertz CT molecular complexity index is 630. The van der Waals surface area contributed by atoms with Gasteiger partial charge in [0, 0.05) is 18.8 Å². The van der Waals surface area contributed by atoms with Gasteiger partial charge in [0.15, 0.2) is 5.76 Å². The lowest BCUT2D eigenvalue weighted by atomic mass is 10.2. The molecule has 0 saturated heterocycles. The number of benzene rings is 1. The standard InChI is InChI=1S/C14H13NO4/c1-9-4-3-5-11(6-9)15(2)13(16)12-7-10(8-19-12)14(17)18/h3-8H,1-2H3,(H,17,18). The summed E-state index contributed by atoms with van der Waals surface area (Å²) in [6.45, 7) is 1.93. The van der Waals surface area contributed by atoms with Gasteiger partial charge in [-0.2, -0.15) is 0 Å². The Labute approximate surface area is 110 Å². The highest BCUT2D eigenvalue weighted by Crippen LogP contribution is 2.18. The Morgan fingerprint density at radius 3 is 2.58 bits per heavy atom. The first-order valence-corrected chi connectivity index (χ1v) is 5.65. The highest BCUT2D eigenvalue weighted by atomic mass is 16.4. The zero-order valence-electron chi connectivity index (χ0n) is 10.6. The van der Waals surface area contributed by atoms with Crippen LogP contribution in [-0.4, -0.2) is 24.0 Å². The van der Waals surface area contributed by atoms with E-state index in [1.807, 2.05) is 25.1 Å². The second-order valence-electron chi connectivity index (χ2n) is 4.21. The fourth-order valence-corrected chi connectivity index (χ4v) is 1.68. The molecule has 0 fully saturated rings. The molecule has 1 amide bonds. The molecular formula is C14H13NO4. The van der Waals surface area contributed by atoms with Crippen molar-refractivity contribution in [2.75, 3.05) is 11.9 Å². The average molecular weight is 259 g/mol. The van der Waals surface area contributed by atoms with Gasteiger partial charge in [-0.05, 0) is 24.6 Å². The minimum atomic E-state index is -1.12. The Morgan fingerprint density at radius 2 is 2.00 bits per heavy atom. The summed E-state index contributed by atoms with van der Waals surface area (Å²) >= 11 is 0. The zero-order valence-corrected chi connectivity index (χ0v) is 10.6. The lowest BCUT2D eigenvalue weighted by molar-refractivity contribution is 0.0696. The van der Waals surface area contributed by atoms with Crippen LogP contribution in [0, 0.1) is 6.92 Å². The first-order valence-electron chi connectivity index (χ1n) is 5.65. The molecule has 0 unspecified atom stereocenters. The van der Waals surface area contributed by atoms with E-state index in [4.69, 9.17) is 9.52 Å². The SMILES string of the molecule is Cc1cccc(N(C)C(=O)c2cc(C(=O)O)co2)c1. The molecule has 5 nitrogen and oxygen atoms in total. The van der Waals surface area contributed by atoms with Gasteiger partial charge in [-0.1, -0.05) is 12.1 Å². The van der Waals surface area contributed by atoms with Gasteiger partial charge >= 0.3 is 5.97 Å². The van der Waals surface area contributed by atoms with Gasteiger partial charge in [0.2, 0.25) is 0 Å². The van der Waals surface area contributed by atoms with Gasteiger partial charge in [0.1, 0.15) is 6.26 Å². The van der Waals surface area contributed by atoms with Crippen molar-refractivity contribution >= 4 is 17.6 Å². The van der Waals surface area contributed by atoms with Crippen LogP contribution < -0.4 is 4.90 Å². The largest absolute Gasteiger partial charge is 0.478 e. The molecule has 0 aliphatic rings. The zero-order chi connectivity index (χ0) is 14.0. The fraction of sp³-hybridized carbons (Fsp3) is 0.143. The van der Waals surface area contributed by atoms with Crippen LogP contribution in [0.5, 0.6) is 0 Å². The minimum absolute atomic E-state index is 0.00130. The molecule has 0 saturated carbocycles. The number of carboxylic acid groups (broad SMARTS) is 1. The number of anilines is 1. The summed E-state index contributed by atoms with van der Waals surface area (Å²) < 4.78 is 4.99. The normalized spacial score (nSPS) is 10.2. The smallest absolute Gasteiger partial charge is 0.338 e. The van der Waals surface area contributed by atoms with Crippen LogP contribution in [-0.2, 0) is 0 Å². The number of aromatic carboxylic acids is 1. The number of amides is 1. The van der Waals surface area contributed by atoms with Crippen LogP contribution in [0.15, 0.2) is 41.0 Å². The van der Waals surface area contributed by atoms with E-state index in [0.29, 0.717) is 0 Å². The third-order valence-corrected chi connectivity index (χ3v) is 2.75. The summed E-state index contributed by atoms with van der Waals surface area (Å²) in [5.41, 5.74) is 1.71. The van der Waals surface area contributed by atoms with E-state index in [9.17, 15) is 9.59 Å². The van der Waals surface area contributed by atoms with Gasteiger partial charge in [-0.15, -0.1) is 0 Å². The van der Waals surface area contributed by atoms with Gasteiger partial charge < -0.3 is 14.4 Å². The van der Waals surface area contributed by atoms with Gasteiger partial charge in [0.05, 0.1) is 5.56 Å². The van der Waals surface area contributed by atoms with Crippen molar-refractivity contribution in [3.05, 3.63) is 53.5 Å². The van der Waals surface area contributed by atoms with E-state index < -0.39 is 11.9 Å². The number of aryl methyl sites for hydroxylation is 1. The van der Waals surface area contributed by atoms with Crippen LogP contribution in [0.25, 0.3) is 0 Å². The molecule has 2 rings (SSSR count). The minimum Gasteiger partial charge on any atom is -0.478 e. The van der Waals surface area contributed by atoms with Crippen LogP contribution >= 0.6 is 0 Å². The molecule has 19 heavy (non-hydrogen) atoms. The summed E-state index contributed by atoms with van der Waals surface area (Å²) in [4.78, 5) is 24.3. The van der Waals surface area contributed by atoms with E-state index in [1.165, 1.54) is 11.0 Å². The predicted octanol–water partition coefficient (Wildman–Crippen LogP) is 2.56. The molecule has 0 atom stereocenters. The topological polar surface area (TPSA) is 70.8 Å². The van der Waals surface area contributed by atoms with Crippen molar-refractivity contribution in [2.45, 2.75) is 6.92 Å². The molecule has 0 aliphatic carbocycles. The number of hydrogen-bond acceptors (Lipinski definition) is 3. The van der Waals surface area contributed by atoms with Crippen LogP contribution in [0.1, 0.15) is 26.5 Å². The molecule has 1 aromatic heterocycles. The Balaban J connectivity index is 2.25. The second kappa shape index (κ2) is 4.97. The van der Waals surface area contributed by atoms with E-state index in [1.54, 1.807) is 13.1 Å². The maximum atomic E-state index is 12.1. The van der Waals surface area contributed by atoms with E-state index in [2.05, 4.69) is 0 Å². The summed E-state index contributed by atoms with van der Waals surface area (Å²) in [5, 5.41) is 8.79. The first-order chi connectivity index (χ1) is 8.99. The van der Waals surface area contributed by atoms with Crippen molar-refractivity contribution in [1.29, 1.82) is 0 Å². The van der Waals surface area contributed by atoms with Gasteiger partial charge in [-0.3, -0.25) is 4.79 Å². The lowest BCUT2D eigenvalue weighted by Gasteiger charge is -2.16. The number of furan rings is 1. The Kier molecular flexibility index (Phi) is 3.37. The van der Waals surface area contributed by atoms with E-state index >= 15 is 0 Å². The molecule has 0 bridgehead atoms. The van der Waals surface area contributed by atoms with Gasteiger partial charge in [0.25, 0.3) is 5.91 Å².